The molecule has 4 nitrogen and oxygen atoms in total. The van der Waals surface area contributed by atoms with Crippen molar-refractivity contribution in [3.05, 3.63) is 29.8 Å². The third-order valence-electron chi connectivity index (χ3n) is 3.68. The number of ether oxygens (including phenoxy) is 2. The second-order valence-electron chi connectivity index (χ2n) is 5.54. The minimum atomic E-state index is -0.350. The van der Waals surface area contributed by atoms with Crippen molar-refractivity contribution >= 4 is 6.09 Å². The zero-order chi connectivity index (χ0) is 16.2. The van der Waals surface area contributed by atoms with Crippen molar-refractivity contribution in [1.29, 1.82) is 0 Å². The van der Waals surface area contributed by atoms with E-state index in [1.54, 1.807) is 7.11 Å². The fourth-order valence-corrected chi connectivity index (χ4v) is 2.24. The van der Waals surface area contributed by atoms with E-state index in [0.29, 0.717) is 6.61 Å². The second kappa shape index (κ2) is 10.9. The molecule has 0 saturated heterocycles. The van der Waals surface area contributed by atoms with E-state index in [-0.39, 0.29) is 12.1 Å². The lowest BCUT2D eigenvalue weighted by Crippen LogP contribution is -2.27. The maximum atomic E-state index is 11.7. The highest BCUT2D eigenvalue weighted by Gasteiger charge is 2.10. The molecule has 0 spiro atoms. The zero-order valence-corrected chi connectivity index (χ0v) is 14.1. The molecule has 0 aliphatic rings. The number of hydrogen-bond acceptors (Lipinski definition) is 3. The Hall–Kier alpha value is -1.71. The molecule has 0 radical (unpaired) electrons. The van der Waals surface area contributed by atoms with E-state index in [0.717, 1.165) is 24.2 Å². The normalized spacial score (nSPS) is 11.8. The van der Waals surface area contributed by atoms with Crippen LogP contribution in [0.2, 0.25) is 0 Å². The summed E-state index contributed by atoms with van der Waals surface area (Å²) < 4.78 is 10.3. The predicted molar refractivity (Wildman–Crippen MR) is 89.3 cm³/mol. The number of alkyl carbamates (subject to hydrolysis) is 1. The minimum absolute atomic E-state index is 0.0806. The number of rotatable bonds is 10. The van der Waals surface area contributed by atoms with Crippen LogP contribution in [0.1, 0.15) is 64.0 Å². The first-order valence-corrected chi connectivity index (χ1v) is 8.24. The topological polar surface area (TPSA) is 47.6 Å². The van der Waals surface area contributed by atoms with Gasteiger partial charge in [-0.15, -0.1) is 0 Å². The van der Waals surface area contributed by atoms with Crippen molar-refractivity contribution in [2.75, 3.05) is 13.7 Å². The number of amides is 1. The fraction of sp³-hybridized carbons (Fsp3) is 0.611. The lowest BCUT2D eigenvalue weighted by molar-refractivity contribution is 0.140. The Morgan fingerprint density at radius 3 is 2.36 bits per heavy atom. The van der Waals surface area contributed by atoms with E-state index in [2.05, 4.69) is 12.2 Å². The largest absolute Gasteiger partial charge is 0.497 e. The first-order chi connectivity index (χ1) is 10.7. The van der Waals surface area contributed by atoms with Crippen molar-refractivity contribution < 1.29 is 14.3 Å². The standard InChI is InChI=1S/C18H29NO3/c1-4-5-6-7-8-9-14-22-18(20)19-15(2)16-10-12-17(21-3)13-11-16/h10-13,15H,4-9,14H2,1-3H3,(H,19,20)/t15-/m0/s1. The molecule has 1 rings (SSSR count). The van der Waals surface area contributed by atoms with Gasteiger partial charge in [0, 0.05) is 0 Å². The van der Waals surface area contributed by atoms with E-state index < -0.39 is 0 Å². The van der Waals surface area contributed by atoms with E-state index in [9.17, 15) is 4.79 Å². The van der Waals surface area contributed by atoms with Crippen LogP contribution in [0.4, 0.5) is 4.79 Å². The van der Waals surface area contributed by atoms with Crippen molar-refractivity contribution in [3.63, 3.8) is 0 Å². The highest BCUT2D eigenvalue weighted by Crippen LogP contribution is 2.17. The third-order valence-corrected chi connectivity index (χ3v) is 3.68. The molecule has 0 aliphatic heterocycles. The molecule has 0 aliphatic carbocycles. The summed E-state index contributed by atoms with van der Waals surface area (Å²) >= 11 is 0. The SMILES string of the molecule is CCCCCCCCOC(=O)N[C@@H](C)c1ccc(OC)cc1. The Bertz CT molecular complexity index is 417. The number of unbranched alkanes of at least 4 members (excludes halogenated alkanes) is 5. The van der Waals surface area contributed by atoms with Gasteiger partial charge in [0.25, 0.3) is 0 Å². The van der Waals surface area contributed by atoms with Gasteiger partial charge in [0.2, 0.25) is 0 Å². The highest BCUT2D eigenvalue weighted by atomic mass is 16.5. The molecule has 0 heterocycles. The molecule has 22 heavy (non-hydrogen) atoms. The summed E-state index contributed by atoms with van der Waals surface area (Å²) in [6.07, 6.45) is 6.76. The van der Waals surface area contributed by atoms with Crippen LogP contribution in [-0.2, 0) is 4.74 Å². The molecular weight excluding hydrogens is 278 g/mol. The summed E-state index contributed by atoms with van der Waals surface area (Å²) in [6, 6.07) is 7.57. The summed E-state index contributed by atoms with van der Waals surface area (Å²) in [5.41, 5.74) is 1.03. The molecule has 0 aromatic heterocycles. The lowest BCUT2D eigenvalue weighted by Gasteiger charge is -2.14. The van der Waals surface area contributed by atoms with Gasteiger partial charge in [-0.3, -0.25) is 0 Å². The minimum Gasteiger partial charge on any atom is -0.497 e. The molecule has 0 unspecified atom stereocenters. The number of hydrogen-bond donors (Lipinski definition) is 1. The van der Waals surface area contributed by atoms with E-state index in [1.165, 1.54) is 25.7 Å². The Balaban J connectivity index is 2.18. The number of benzene rings is 1. The number of carbonyl (C=O) groups excluding carboxylic acids is 1. The summed E-state index contributed by atoms with van der Waals surface area (Å²) in [6.45, 7) is 4.64. The number of methoxy groups -OCH3 is 1. The van der Waals surface area contributed by atoms with E-state index in [1.807, 2.05) is 31.2 Å². The van der Waals surface area contributed by atoms with Crippen LogP contribution >= 0.6 is 0 Å². The van der Waals surface area contributed by atoms with Crippen molar-refractivity contribution in [3.8, 4) is 5.75 Å². The first-order valence-electron chi connectivity index (χ1n) is 8.24. The smallest absolute Gasteiger partial charge is 0.407 e. The second-order valence-corrected chi connectivity index (χ2v) is 5.54. The van der Waals surface area contributed by atoms with Crippen LogP contribution in [0.3, 0.4) is 0 Å². The Morgan fingerprint density at radius 2 is 1.73 bits per heavy atom. The van der Waals surface area contributed by atoms with Crippen LogP contribution in [0.25, 0.3) is 0 Å². The Kier molecular flexibility index (Phi) is 9.12. The average molecular weight is 307 g/mol. The quantitative estimate of drug-likeness (QED) is 0.629. The predicted octanol–water partition coefficient (Wildman–Crippen LogP) is 4.84. The summed E-state index contributed by atoms with van der Waals surface area (Å²) in [5, 5.41) is 2.84. The van der Waals surface area contributed by atoms with Crippen molar-refractivity contribution in [2.45, 2.75) is 58.4 Å². The lowest BCUT2D eigenvalue weighted by atomic mass is 10.1. The van der Waals surface area contributed by atoms with Gasteiger partial charge in [0.1, 0.15) is 5.75 Å². The zero-order valence-electron chi connectivity index (χ0n) is 14.1. The molecular formula is C18H29NO3. The van der Waals surface area contributed by atoms with Gasteiger partial charge in [0.05, 0.1) is 19.8 Å². The molecule has 4 heteroatoms. The number of carbonyl (C=O) groups is 1. The van der Waals surface area contributed by atoms with Crippen LogP contribution in [0.15, 0.2) is 24.3 Å². The molecule has 0 fully saturated rings. The Labute approximate surface area is 134 Å². The van der Waals surface area contributed by atoms with Gasteiger partial charge in [-0.05, 0) is 31.0 Å². The summed E-state index contributed by atoms with van der Waals surface area (Å²) in [4.78, 5) is 11.7. The van der Waals surface area contributed by atoms with Crippen LogP contribution in [0.5, 0.6) is 5.75 Å². The molecule has 0 bridgehead atoms. The van der Waals surface area contributed by atoms with Crippen LogP contribution in [0, 0.1) is 0 Å². The van der Waals surface area contributed by atoms with Gasteiger partial charge >= 0.3 is 6.09 Å². The third kappa shape index (κ3) is 7.34. The monoisotopic (exact) mass is 307 g/mol. The van der Waals surface area contributed by atoms with Crippen LogP contribution in [-0.4, -0.2) is 19.8 Å². The Morgan fingerprint density at radius 1 is 1.09 bits per heavy atom. The van der Waals surface area contributed by atoms with Crippen LogP contribution < -0.4 is 10.1 Å². The summed E-state index contributed by atoms with van der Waals surface area (Å²) in [5.74, 6) is 0.807. The van der Waals surface area contributed by atoms with Crippen molar-refractivity contribution in [1.82, 2.24) is 5.32 Å². The molecule has 1 atom stereocenters. The molecule has 124 valence electrons. The van der Waals surface area contributed by atoms with Gasteiger partial charge in [0.15, 0.2) is 0 Å². The van der Waals surface area contributed by atoms with E-state index in [4.69, 9.17) is 9.47 Å². The maximum Gasteiger partial charge on any atom is 0.407 e. The van der Waals surface area contributed by atoms with Gasteiger partial charge in [-0.25, -0.2) is 4.79 Å². The average Bonchev–Trinajstić information content (AvgIpc) is 2.54. The number of nitrogens with one attached hydrogen (secondary N) is 1. The molecule has 1 amide bonds. The fourth-order valence-electron chi connectivity index (χ4n) is 2.24. The molecule has 0 saturated carbocycles. The van der Waals surface area contributed by atoms with E-state index >= 15 is 0 Å². The highest BCUT2D eigenvalue weighted by molar-refractivity contribution is 5.67. The van der Waals surface area contributed by atoms with Crippen molar-refractivity contribution in [2.24, 2.45) is 0 Å². The first kappa shape index (κ1) is 18.3. The van der Waals surface area contributed by atoms with Gasteiger partial charge < -0.3 is 14.8 Å². The van der Waals surface area contributed by atoms with Gasteiger partial charge in [-0.1, -0.05) is 51.2 Å². The van der Waals surface area contributed by atoms with Gasteiger partial charge in [-0.2, -0.15) is 0 Å². The molecule has 1 aromatic carbocycles. The maximum absolute atomic E-state index is 11.7. The molecule has 1 aromatic rings. The summed E-state index contributed by atoms with van der Waals surface area (Å²) in [7, 11) is 1.64. The molecule has 1 N–H and O–H groups in total.